The van der Waals surface area contributed by atoms with Crippen molar-refractivity contribution in [2.24, 2.45) is 16.8 Å². The van der Waals surface area contributed by atoms with Gasteiger partial charge in [-0.15, -0.1) is 0 Å². The number of aliphatic imine (C=N–C) groups is 1. The van der Waals surface area contributed by atoms with E-state index in [9.17, 15) is 22.8 Å². The summed E-state index contributed by atoms with van der Waals surface area (Å²) in [6, 6.07) is 3.30. The SMILES string of the molecule is CN1CCN(C(=O)C2C=NC(C3=CC(C(F)(F)F)=C4OC(CNC(=O)C=Cc5ccc(N)nc5)=CC4C3)=CC2)CC1. The molecule has 2 amide bonds. The number of hydrogen-bond donors (Lipinski definition) is 2. The molecule has 5 rings (SSSR count). The Balaban J connectivity index is 1.22. The van der Waals surface area contributed by atoms with Gasteiger partial charge in [0.15, 0.2) is 0 Å². The molecule has 1 fully saturated rings. The highest BCUT2D eigenvalue weighted by molar-refractivity contribution is 5.94. The summed E-state index contributed by atoms with van der Waals surface area (Å²) in [5.41, 5.74) is 6.21. The third-order valence-corrected chi connectivity index (χ3v) is 7.39. The molecule has 216 valence electrons. The summed E-state index contributed by atoms with van der Waals surface area (Å²) < 4.78 is 47.7. The summed E-state index contributed by atoms with van der Waals surface area (Å²) in [5, 5.41) is 2.63. The van der Waals surface area contributed by atoms with Crippen LogP contribution in [0.15, 0.2) is 76.0 Å². The van der Waals surface area contributed by atoms with Crippen LogP contribution in [0.1, 0.15) is 18.4 Å². The molecule has 41 heavy (non-hydrogen) atoms. The number of hydrogen-bond acceptors (Lipinski definition) is 7. The van der Waals surface area contributed by atoms with Crippen LogP contribution >= 0.6 is 0 Å². The summed E-state index contributed by atoms with van der Waals surface area (Å²) in [6.07, 6.45) is 6.35. The zero-order chi connectivity index (χ0) is 29.1. The second kappa shape index (κ2) is 11.7. The van der Waals surface area contributed by atoms with Crippen LogP contribution in [0.3, 0.4) is 0 Å². The molecule has 0 radical (unpaired) electrons. The first-order valence-electron chi connectivity index (χ1n) is 13.4. The number of allylic oxidation sites excluding steroid dienone is 5. The minimum Gasteiger partial charge on any atom is -0.463 e. The molecule has 12 heteroatoms. The number of nitrogens with zero attached hydrogens (tertiary/aromatic N) is 4. The van der Waals surface area contributed by atoms with Gasteiger partial charge in [-0.05, 0) is 61.4 Å². The Labute approximate surface area is 235 Å². The van der Waals surface area contributed by atoms with Crippen molar-refractivity contribution in [3.63, 3.8) is 0 Å². The molecule has 2 atom stereocenters. The first-order chi connectivity index (χ1) is 19.6. The van der Waals surface area contributed by atoms with Crippen LogP contribution in [-0.2, 0) is 14.3 Å². The van der Waals surface area contributed by atoms with Crippen molar-refractivity contribution in [1.29, 1.82) is 0 Å². The fourth-order valence-electron chi connectivity index (χ4n) is 5.08. The van der Waals surface area contributed by atoms with Gasteiger partial charge >= 0.3 is 6.18 Å². The second-order valence-electron chi connectivity index (χ2n) is 10.4. The van der Waals surface area contributed by atoms with Gasteiger partial charge in [0.05, 0.1) is 23.7 Å². The number of likely N-dealkylation sites (N-methyl/N-ethyl adjacent to an activating group) is 1. The van der Waals surface area contributed by atoms with Gasteiger partial charge in [-0.3, -0.25) is 14.6 Å². The van der Waals surface area contributed by atoms with Crippen molar-refractivity contribution in [2.45, 2.75) is 19.0 Å². The molecule has 2 unspecified atom stereocenters. The Bertz CT molecular complexity index is 1380. The van der Waals surface area contributed by atoms with Gasteiger partial charge in [0.25, 0.3) is 0 Å². The Morgan fingerprint density at radius 2 is 2.00 bits per heavy atom. The molecule has 1 aliphatic carbocycles. The first kappa shape index (κ1) is 28.3. The van der Waals surface area contributed by atoms with Crippen molar-refractivity contribution in [2.75, 3.05) is 45.5 Å². The number of anilines is 1. The highest BCUT2D eigenvalue weighted by atomic mass is 19.4. The molecule has 0 aromatic carbocycles. The number of piperazine rings is 1. The van der Waals surface area contributed by atoms with Crippen LogP contribution in [0.25, 0.3) is 6.08 Å². The quantitative estimate of drug-likeness (QED) is 0.510. The van der Waals surface area contributed by atoms with Gasteiger partial charge in [0.1, 0.15) is 17.3 Å². The number of ether oxygens (including phenoxy) is 1. The number of nitrogen functional groups attached to an aromatic ring is 1. The first-order valence-corrected chi connectivity index (χ1v) is 13.4. The highest BCUT2D eigenvalue weighted by Crippen LogP contribution is 2.45. The zero-order valence-corrected chi connectivity index (χ0v) is 22.5. The number of rotatable bonds is 6. The normalized spacial score (nSPS) is 23.1. The maximum Gasteiger partial charge on any atom is 0.419 e. The van der Waals surface area contributed by atoms with Gasteiger partial charge in [0, 0.05) is 50.6 Å². The fraction of sp³-hybridized carbons (Fsp3) is 0.379. The topological polar surface area (TPSA) is 113 Å². The number of nitrogens with two attached hydrogens (primary N) is 1. The van der Waals surface area contributed by atoms with E-state index in [1.807, 2.05) is 11.9 Å². The van der Waals surface area contributed by atoms with Crippen molar-refractivity contribution >= 4 is 29.9 Å². The van der Waals surface area contributed by atoms with Crippen molar-refractivity contribution in [1.82, 2.24) is 20.1 Å². The van der Waals surface area contributed by atoms with E-state index in [0.29, 0.717) is 42.2 Å². The van der Waals surface area contributed by atoms with E-state index in [-0.39, 0.29) is 30.4 Å². The smallest absolute Gasteiger partial charge is 0.419 e. The van der Waals surface area contributed by atoms with Crippen LogP contribution in [0.4, 0.5) is 19.0 Å². The second-order valence-corrected chi connectivity index (χ2v) is 10.4. The van der Waals surface area contributed by atoms with Crippen molar-refractivity contribution in [3.8, 4) is 0 Å². The molecule has 4 heterocycles. The number of amides is 2. The number of carbonyl (C=O) groups excluding carboxylic acids is 2. The molecule has 3 N–H and O–H groups in total. The van der Waals surface area contributed by atoms with Crippen LogP contribution < -0.4 is 11.1 Å². The van der Waals surface area contributed by atoms with E-state index in [1.54, 1.807) is 36.6 Å². The van der Waals surface area contributed by atoms with Gasteiger partial charge in [-0.25, -0.2) is 4.98 Å². The van der Waals surface area contributed by atoms with Gasteiger partial charge in [0.2, 0.25) is 11.8 Å². The van der Waals surface area contributed by atoms with E-state index in [0.717, 1.165) is 19.2 Å². The minimum atomic E-state index is -4.64. The van der Waals surface area contributed by atoms with Gasteiger partial charge < -0.3 is 25.6 Å². The Morgan fingerprint density at radius 1 is 1.22 bits per heavy atom. The Kier molecular flexibility index (Phi) is 8.11. The highest BCUT2D eigenvalue weighted by Gasteiger charge is 2.43. The third kappa shape index (κ3) is 6.76. The summed E-state index contributed by atoms with van der Waals surface area (Å²) >= 11 is 0. The largest absolute Gasteiger partial charge is 0.463 e. The molecule has 0 saturated carbocycles. The molecule has 1 aromatic heterocycles. The lowest BCUT2D eigenvalue weighted by Crippen LogP contribution is -2.49. The van der Waals surface area contributed by atoms with Crippen molar-refractivity contribution in [3.05, 3.63) is 76.6 Å². The summed E-state index contributed by atoms with van der Waals surface area (Å²) in [4.78, 5) is 37.5. The number of aromatic nitrogens is 1. The standard InChI is InChI=1S/C29H31F3N6O3/c1-37-8-10-38(11-9-37)28(40)19-4-5-24(34-16-19)20-12-21-13-22(41-27(21)23(14-20)29(30,31)32)17-36-26(39)7-3-18-2-6-25(33)35-15-18/h2-3,5-7,13-16,19,21H,4,8-12,17H2,1H3,(H2,33,35)(H,36,39). The number of fused-ring (bicyclic) bond motifs is 1. The van der Waals surface area contributed by atoms with Gasteiger partial charge in [-0.2, -0.15) is 13.2 Å². The third-order valence-electron chi connectivity index (χ3n) is 7.39. The van der Waals surface area contributed by atoms with Crippen LogP contribution in [-0.4, -0.2) is 78.8 Å². The van der Waals surface area contributed by atoms with Crippen LogP contribution in [0.5, 0.6) is 0 Å². The zero-order valence-electron chi connectivity index (χ0n) is 22.5. The Hall–Kier alpha value is -4.19. The number of halogens is 3. The minimum absolute atomic E-state index is 0.00766. The van der Waals surface area contributed by atoms with E-state index in [1.165, 1.54) is 12.3 Å². The molecule has 1 saturated heterocycles. The molecule has 0 bridgehead atoms. The lowest BCUT2D eigenvalue weighted by molar-refractivity contribution is -0.134. The van der Waals surface area contributed by atoms with Crippen LogP contribution in [0, 0.1) is 11.8 Å². The fourth-order valence-corrected chi connectivity index (χ4v) is 5.08. The number of carbonyl (C=O) groups is 2. The maximum absolute atomic E-state index is 14.0. The number of pyridine rings is 1. The van der Waals surface area contributed by atoms with E-state index in [2.05, 4.69) is 20.2 Å². The van der Waals surface area contributed by atoms with E-state index in [4.69, 9.17) is 10.5 Å². The predicted molar refractivity (Wildman–Crippen MR) is 148 cm³/mol. The monoisotopic (exact) mass is 568 g/mol. The van der Waals surface area contributed by atoms with E-state index < -0.39 is 29.5 Å². The van der Waals surface area contributed by atoms with E-state index >= 15 is 0 Å². The predicted octanol–water partition coefficient (Wildman–Crippen LogP) is 3.22. The average Bonchev–Trinajstić information content (AvgIpc) is 3.38. The molecule has 1 aromatic rings. The number of alkyl halides is 3. The summed E-state index contributed by atoms with van der Waals surface area (Å²) in [5.74, 6) is -1.10. The maximum atomic E-state index is 14.0. The Morgan fingerprint density at radius 3 is 2.66 bits per heavy atom. The average molecular weight is 569 g/mol. The summed E-state index contributed by atoms with van der Waals surface area (Å²) in [7, 11) is 2.01. The summed E-state index contributed by atoms with van der Waals surface area (Å²) in [6.45, 7) is 2.84. The molecular formula is C29H31F3N6O3. The molecule has 4 aliphatic rings. The lowest BCUT2D eigenvalue weighted by Gasteiger charge is -2.34. The molecule has 9 nitrogen and oxygen atoms in total. The number of nitrogens with one attached hydrogen (secondary N) is 1. The van der Waals surface area contributed by atoms with Crippen molar-refractivity contribution < 1.29 is 27.5 Å². The molecular weight excluding hydrogens is 537 g/mol. The lowest BCUT2D eigenvalue weighted by atomic mass is 9.86. The molecule has 0 spiro atoms. The van der Waals surface area contributed by atoms with Gasteiger partial charge in [-0.1, -0.05) is 6.08 Å². The molecule has 3 aliphatic heterocycles. The van der Waals surface area contributed by atoms with Crippen LogP contribution in [0.2, 0.25) is 0 Å².